The van der Waals surface area contributed by atoms with Gasteiger partial charge >= 0.3 is 5.97 Å². The molecule has 2 aliphatic rings. The van der Waals surface area contributed by atoms with E-state index in [2.05, 4.69) is 15.1 Å². The first-order valence-electron chi connectivity index (χ1n) is 9.08. The SMILES string of the molecule is COC(=O)CC[C@H]1CNC(=O)[C@@H]2[C@H](CCN2Cc2ccc(O)cc2)N1C. The molecule has 2 heterocycles. The van der Waals surface area contributed by atoms with E-state index in [0.29, 0.717) is 25.9 Å². The summed E-state index contributed by atoms with van der Waals surface area (Å²) in [6, 6.07) is 7.19. The largest absolute Gasteiger partial charge is 0.508 e. The van der Waals surface area contributed by atoms with Crippen molar-refractivity contribution in [1.29, 1.82) is 0 Å². The number of fused-ring (bicyclic) bond motifs is 1. The van der Waals surface area contributed by atoms with Gasteiger partial charge in [-0.3, -0.25) is 19.4 Å². The minimum Gasteiger partial charge on any atom is -0.508 e. The Hall–Kier alpha value is -2.12. The molecular formula is C19H27N3O4. The molecule has 3 atom stereocenters. The Balaban J connectivity index is 1.69. The Labute approximate surface area is 153 Å². The summed E-state index contributed by atoms with van der Waals surface area (Å²) in [4.78, 5) is 28.6. The lowest BCUT2D eigenvalue weighted by atomic mass is 10.0. The van der Waals surface area contributed by atoms with E-state index in [1.165, 1.54) is 7.11 Å². The fraction of sp³-hybridized carbons (Fsp3) is 0.579. The van der Waals surface area contributed by atoms with Gasteiger partial charge in [0, 0.05) is 38.1 Å². The Kier molecular flexibility index (Phi) is 5.78. The van der Waals surface area contributed by atoms with Crippen LogP contribution in [0.4, 0.5) is 0 Å². The van der Waals surface area contributed by atoms with Gasteiger partial charge in [-0.1, -0.05) is 12.1 Å². The highest BCUT2D eigenvalue weighted by atomic mass is 16.5. The van der Waals surface area contributed by atoms with Gasteiger partial charge in [-0.25, -0.2) is 0 Å². The smallest absolute Gasteiger partial charge is 0.305 e. The molecule has 0 unspecified atom stereocenters. The lowest BCUT2D eigenvalue weighted by Crippen LogP contribution is -2.49. The topological polar surface area (TPSA) is 82.1 Å². The van der Waals surface area contributed by atoms with Crippen LogP contribution in [0.2, 0.25) is 0 Å². The highest BCUT2D eigenvalue weighted by molar-refractivity contribution is 5.83. The Morgan fingerprint density at radius 2 is 2.08 bits per heavy atom. The Morgan fingerprint density at radius 1 is 1.35 bits per heavy atom. The maximum Gasteiger partial charge on any atom is 0.305 e. The predicted molar refractivity (Wildman–Crippen MR) is 96.5 cm³/mol. The molecule has 0 saturated carbocycles. The number of esters is 1. The van der Waals surface area contributed by atoms with Crippen LogP contribution in [0, 0.1) is 0 Å². The van der Waals surface area contributed by atoms with Crippen LogP contribution in [0.15, 0.2) is 24.3 Å². The summed E-state index contributed by atoms with van der Waals surface area (Å²) < 4.78 is 4.74. The van der Waals surface area contributed by atoms with Crippen LogP contribution in [0.25, 0.3) is 0 Å². The van der Waals surface area contributed by atoms with E-state index in [-0.39, 0.29) is 35.8 Å². The number of carbonyl (C=O) groups is 2. The molecule has 2 fully saturated rings. The molecule has 26 heavy (non-hydrogen) atoms. The number of methoxy groups -OCH3 is 1. The number of hydrogen-bond donors (Lipinski definition) is 2. The van der Waals surface area contributed by atoms with Gasteiger partial charge in [-0.05, 0) is 37.6 Å². The van der Waals surface area contributed by atoms with Crippen LogP contribution in [-0.4, -0.2) is 72.2 Å². The van der Waals surface area contributed by atoms with Crippen LogP contribution in [0.5, 0.6) is 5.75 Å². The number of benzene rings is 1. The van der Waals surface area contributed by atoms with Crippen LogP contribution >= 0.6 is 0 Å². The number of carbonyl (C=O) groups excluding carboxylic acids is 2. The van der Waals surface area contributed by atoms with E-state index in [0.717, 1.165) is 18.5 Å². The van der Waals surface area contributed by atoms with Crippen LogP contribution in [-0.2, 0) is 20.9 Å². The van der Waals surface area contributed by atoms with E-state index in [9.17, 15) is 14.7 Å². The van der Waals surface area contributed by atoms with E-state index in [1.54, 1.807) is 12.1 Å². The normalized spacial score (nSPS) is 26.8. The summed E-state index contributed by atoms with van der Waals surface area (Å²) in [5, 5.41) is 12.5. The fourth-order valence-electron chi connectivity index (χ4n) is 4.05. The first kappa shape index (κ1) is 18.7. The van der Waals surface area contributed by atoms with E-state index in [4.69, 9.17) is 4.74 Å². The first-order chi connectivity index (χ1) is 12.5. The van der Waals surface area contributed by atoms with Gasteiger partial charge in [-0.2, -0.15) is 0 Å². The van der Waals surface area contributed by atoms with Gasteiger partial charge in [0.1, 0.15) is 11.8 Å². The molecular weight excluding hydrogens is 334 g/mol. The van der Waals surface area contributed by atoms with Gasteiger partial charge in [0.25, 0.3) is 0 Å². The molecule has 7 heteroatoms. The average molecular weight is 361 g/mol. The number of nitrogens with one attached hydrogen (secondary N) is 1. The lowest BCUT2D eigenvalue weighted by molar-refractivity contribution is -0.141. The summed E-state index contributed by atoms with van der Waals surface area (Å²) >= 11 is 0. The molecule has 0 spiro atoms. The summed E-state index contributed by atoms with van der Waals surface area (Å²) in [6.07, 6.45) is 1.95. The van der Waals surface area contributed by atoms with Crippen LogP contribution < -0.4 is 5.32 Å². The third-order valence-corrected chi connectivity index (χ3v) is 5.58. The minimum atomic E-state index is -0.217. The second-order valence-corrected chi connectivity index (χ2v) is 7.12. The Morgan fingerprint density at radius 3 is 2.77 bits per heavy atom. The van der Waals surface area contributed by atoms with Crippen molar-refractivity contribution in [1.82, 2.24) is 15.1 Å². The number of rotatable bonds is 5. The lowest BCUT2D eigenvalue weighted by Gasteiger charge is -2.33. The predicted octanol–water partition coefficient (Wildman–Crippen LogP) is 0.719. The average Bonchev–Trinajstić information content (AvgIpc) is 3.01. The minimum absolute atomic E-state index is 0.0543. The molecule has 3 rings (SSSR count). The van der Waals surface area contributed by atoms with E-state index < -0.39 is 0 Å². The molecule has 1 amide bonds. The summed E-state index contributed by atoms with van der Waals surface area (Å²) in [6.45, 7) is 2.07. The zero-order valence-corrected chi connectivity index (χ0v) is 15.4. The van der Waals surface area contributed by atoms with E-state index in [1.807, 2.05) is 19.2 Å². The van der Waals surface area contributed by atoms with Crippen molar-refractivity contribution in [3.8, 4) is 5.75 Å². The monoisotopic (exact) mass is 361 g/mol. The molecule has 2 N–H and O–H groups in total. The van der Waals surface area contributed by atoms with Crippen molar-refractivity contribution in [2.45, 2.75) is 43.9 Å². The number of nitrogens with zero attached hydrogens (tertiary/aromatic N) is 2. The number of phenolic OH excluding ortho intramolecular Hbond substituents is 1. The second-order valence-electron chi connectivity index (χ2n) is 7.12. The number of likely N-dealkylation sites (N-methyl/N-ethyl adjacent to an activating group) is 1. The number of hydrogen-bond acceptors (Lipinski definition) is 6. The molecule has 1 aromatic carbocycles. The zero-order chi connectivity index (χ0) is 18.7. The number of phenols is 1. The Bertz CT molecular complexity index is 649. The third-order valence-electron chi connectivity index (χ3n) is 5.58. The second kappa shape index (κ2) is 8.05. The van der Waals surface area contributed by atoms with Gasteiger partial charge in [0.05, 0.1) is 7.11 Å². The summed E-state index contributed by atoms with van der Waals surface area (Å²) in [5.41, 5.74) is 1.07. The fourth-order valence-corrected chi connectivity index (χ4v) is 4.05. The quantitative estimate of drug-likeness (QED) is 0.752. The van der Waals surface area contributed by atoms with Crippen molar-refractivity contribution in [3.05, 3.63) is 29.8 Å². The molecule has 1 aromatic rings. The summed E-state index contributed by atoms with van der Waals surface area (Å²) in [5.74, 6) is 0.0815. The maximum absolute atomic E-state index is 12.7. The molecule has 7 nitrogen and oxygen atoms in total. The van der Waals surface area contributed by atoms with Gasteiger partial charge in [-0.15, -0.1) is 0 Å². The van der Waals surface area contributed by atoms with Crippen LogP contribution in [0.1, 0.15) is 24.8 Å². The highest BCUT2D eigenvalue weighted by Crippen LogP contribution is 2.28. The highest BCUT2D eigenvalue weighted by Gasteiger charge is 2.44. The standard InChI is InChI=1S/C19H27N3O4/c1-21-14(5-8-17(24)26-2)11-20-19(25)18-16(21)9-10-22(18)12-13-3-6-15(23)7-4-13/h3-4,6-7,14,16,18,23H,5,8-12H2,1-2H3,(H,20,25)/t14-,16-,18-/m0/s1. The number of ether oxygens (including phenoxy) is 1. The van der Waals surface area contributed by atoms with Crippen molar-refractivity contribution in [3.63, 3.8) is 0 Å². The molecule has 2 saturated heterocycles. The molecule has 0 bridgehead atoms. The number of amides is 1. The third kappa shape index (κ3) is 3.99. The molecule has 2 aliphatic heterocycles. The van der Waals surface area contributed by atoms with Gasteiger partial charge in [0.15, 0.2) is 0 Å². The van der Waals surface area contributed by atoms with Crippen LogP contribution in [0.3, 0.4) is 0 Å². The van der Waals surface area contributed by atoms with Crippen molar-refractivity contribution < 1.29 is 19.4 Å². The number of aromatic hydroxyl groups is 1. The molecule has 0 aliphatic carbocycles. The maximum atomic E-state index is 12.7. The van der Waals surface area contributed by atoms with Crippen molar-refractivity contribution in [2.24, 2.45) is 0 Å². The molecule has 0 aromatic heterocycles. The first-order valence-corrected chi connectivity index (χ1v) is 9.08. The summed E-state index contributed by atoms with van der Waals surface area (Å²) in [7, 11) is 3.44. The van der Waals surface area contributed by atoms with Crippen molar-refractivity contribution >= 4 is 11.9 Å². The van der Waals surface area contributed by atoms with E-state index >= 15 is 0 Å². The molecule has 142 valence electrons. The van der Waals surface area contributed by atoms with Crippen molar-refractivity contribution in [2.75, 3.05) is 27.2 Å². The van der Waals surface area contributed by atoms with Gasteiger partial charge in [0.2, 0.25) is 5.91 Å². The molecule has 0 radical (unpaired) electrons. The zero-order valence-electron chi connectivity index (χ0n) is 15.4. The number of likely N-dealkylation sites (tertiary alicyclic amines) is 1. The van der Waals surface area contributed by atoms with Gasteiger partial charge < -0.3 is 15.2 Å².